The lowest BCUT2D eigenvalue weighted by Crippen LogP contribution is -2.27. The van der Waals surface area contributed by atoms with E-state index >= 15 is 0 Å². The van der Waals surface area contributed by atoms with Gasteiger partial charge >= 0.3 is 0 Å². The zero-order chi connectivity index (χ0) is 25.5. The number of benzene rings is 1. The minimum Gasteiger partial charge on any atom is -0.494 e. The molecular weight excluding hydrogens is 491 g/mol. The molecule has 0 atom stereocenters. The van der Waals surface area contributed by atoms with Gasteiger partial charge in [0.15, 0.2) is 11.6 Å². The van der Waals surface area contributed by atoms with E-state index in [1.54, 1.807) is 34.9 Å². The summed E-state index contributed by atoms with van der Waals surface area (Å²) in [5.74, 6) is 1.34. The first-order chi connectivity index (χ1) is 17.4. The van der Waals surface area contributed by atoms with Gasteiger partial charge in [0.1, 0.15) is 23.5 Å². The molecule has 36 heavy (non-hydrogen) atoms. The van der Waals surface area contributed by atoms with Gasteiger partial charge in [-0.1, -0.05) is 18.9 Å². The van der Waals surface area contributed by atoms with Crippen molar-refractivity contribution in [3.63, 3.8) is 0 Å². The van der Waals surface area contributed by atoms with Gasteiger partial charge < -0.3 is 13.9 Å². The average Bonchev–Trinajstić information content (AvgIpc) is 3.66. The van der Waals surface area contributed by atoms with Crippen LogP contribution in [0.2, 0.25) is 0 Å². The maximum atomic E-state index is 12.9. The monoisotopic (exact) mass is 518 g/mol. The third-order valence-corrected chi connectivity index (χ3v) is 7.35. The Morgan fingerprint density at radius 2 is 1.72 bits per heavy atom. The maximum Gasteiger partial charge on any atom is 0.243 e. The molecule has 0 spiro atoms. The number of furan rings is 1. The van der Waals surface area contributed by atoms with Gasteiger partial charge in [0.2, 0.25) is 21.8 Å². The van der Waals surface area contributed by atoms with E-state index in [2.05, 4.69) is 24.9 Å². The lowest BCUT2D eigenvalue weighted by atomic mass is 10.2. The normalized spacial score (nSPS) is 13.6. The van der Waals surface area contributed by atoms with E-state index in [4.69, 9.17) is 13.9 Å². The zero-order valence-electron chi connectivity index (χ0n) is 19.7. The number of anilines is 1. The van der Waals surface area contributed by atoms with Crippen LogP contribution in [-0.2, 0) is 10.0 Å². The van der Waals surface area contributed by atoms with Crippen LogP contribution in [0, 0.1) is 5.82 Å². The molecule has 1 fully saturated rings. The van der Waals surface area contributed by atoms with E-state index in [1.165, 1.54) is 26.8 Å². The second-order valence-electron chi connectivity index (χ2n) is 7.78. The van der Waals surface area contributed by atoms with Crippen LogP contribution in [0.25, 0.3) is 17.3 Å². The minimum absolute atomic E-state index is 0. The van der Waals surface area contributed by atoms with Crippen molar-refractivity contribution < 1.29 is 28.1 Å². The fourth-order valence-electron chi connectivity index (χ4n) is 3.87. The maximum absolute atomic E-state index is 12.9. The van der Waals surface area contributed by atoms with Crippen molar-refractivity contribution in [2.45, 2.75) is 30.9 Å². The van der Waals surface area contributed by atoms with Crippen molar-refractivity contribution in [3.05, 3.63) is 61.1 Å². The number of halogens is 1. The quantitative estimate of drug-likeness (QED) is 0.384. The number of sulfonamides is 1. The van der Waals surface area contributed by atoms with Crippen LogP contribution in [0.15, 0.2) is 59.7 Å². The number of hydrogen-bond acceptors (Lipinski definition) is 9. The number of rotatable bonds is 7. The molecule has 11 nitrogen and oxygen atoms in total. The standard InChI is InChI=1S/C19H22N4O5S.C4H3FN2.H2/c1-26-14-9-5-10-15(27-2)17(14)23-18(16-11-6-12-28-16)20-21-19(23)22-29(24,25)13-7-3-4-8-13;5-4-1-6-3-7-2-4;/h5-6,9-13H,3-4,7-8H2,1-2H3,(H,21,22);1-3H;1H. The SMILES string of the molecule is COc1cccc(OC)c1-n1c(NS(=O)(=O)C2CCCC2)nnc1-c1ccco1.Fc1cncnc1.[HH]. The van der Waals surface area contributed by atoms with E-state index in [0.717, 1.165) is 25.2 Å². The molecule has 0 unspecified atom stereocenters. The van der Waals surface area contributed by atoms with E-state index in [0.29, 0.717) is 41.6 Å². The summed E-state index contributed by atoms with van der Waals surface area (Å²) in [6.45, 7) is 0. The van der Waals surface area contributed by atoms with E-state index in [1.807, 2.05) is 0 Å². The van der Waals surface area contributed by atoms with Gasteiger partial charge in [-0.2, -0.15) is 0 Å². The largest absolute Gasteiger partial charge is 0.494 e. The van der Waals surface area contributed by atoms with Crippen molar-refractivity contribution in [3.8, 4) is 28.8 Å². The Hall–Kier alpha value is -4.00. The predicted molar refractivity (Wildman–Crippen MR) is 131 cm³/mol. The highest BCUT2D eigenvalue weighted by molar-refractivity contribution is 7.93. The van der Waals surface area contributed by atoms with Crippen LogP contribution in [-0.4, -0.2) is 52.6 Å². The van der Waals surface area contributed by atoms with Crippen LogP contribution >= 0.6 is 0 Å². The summed E-state index contributed by atoms with van der Waals surface area (Å²) in [6, 6.07) is 8.71. The molecule has 1 saturated carbocycles. The number of nitrogens with zero attached hydrogens (tertiary/aromatic N) is 5. The van der Waals surface area contributed by atoms with Crippen LogP contribution in [0.1, 0.15) is 27.1 Å². The summed E-state index contributed by atoms with van der Waals surface area (Å²) in [6.07, 6.45) is 8.06. The third-order valence-electron chi connectivity index (χ3n) is 5.53. The highest BCUT2D eigenvalue weighted by atomic mass is 32.2. The Bertz CT molecular complexity index is 1360. The second-order valence-corrected chi connectivity index (χ2v) is 9.74. The summed E-state index contributed by atoms with van der Waals surface area (Å²) < 4.78 is 58.3. The summed E-state index contributed by atoms with van der Waals surface area (Å²) in [5.41, 5.74) is 0.470. The van der Waals surface area contributed by atoms with Crippen molar-refractivity contribution in [2.75, 3.05) is 18.9 Å². The predicted octanol–water partition coefficient (Wildman–Crippen LogP) is 4.09. The second kappa shape index (κ2) is 11.2. The highest BCUT2D eigenvalue weighted by Gasteiger charge is 2.32. The van der Waals surface area contributed by atoms with Gasteiger partial charge in [0.05, 0.1) is 38.1 Å². The lowest BCUT2D eigenvalue weighted by Gasteiger charge is -2.18. The van der Waals surface area contributed by atoms with Crippen molar-refractivity contribution >= 4 is 16.0 Å². The molecule has 1 aromatic carbocycles. The average molecular weight is 519 g/mol. The van der Waals surface area contributed by atoms with E-state index < -0.39 is 21.1 Å². The Labute approximate surface area is 208 Å². The minimum atomic E-state index is -3.62. The van der Waals surface area contributed by atoms with Crippen LogP contribution in [0.5, 0.6) is 11.5 Å². The Kier molecular flexibility index (Phi) is 7.78. The van der Waals surface area contributed by atoms with Crippen molar-refractivity contribution in [1.29, 1.82) is 0 Å². The van der Waals surface area contributed by atoms with Gasteiger partial charge in [-0.15, -0.1) is 10.2 Å². The van der Waals surface area contributed by atoms with Gasteiger partial charge in [0, 0.05) is 1.43 Å². The number of nitrogens with one attached hydrogen (secondary N) is 1. The molecule has 0 aliphatic heterocycles. The molecule has 5 rings (SSSR count). The van der Waals surface area contributed by atoms with Gasteiger partial charge in [-0.25, -0.2) is 22.8 Å². The first kappa shape index (κ1) is 25.1. The Morgan fingerprint density at radius 3 is 2.25 bits per heavy atom. The topological polar surface area (TPSA) is 134 Å². The number of ether oxygens (including phenoxy) is 2. The Balaban J connectivity index is 0.000000413. The molecule has 192 valence electrons. The Morgan fingerprint density at radius 1 is 1.06 bits per heavy atom. The number of para-hydroxylation sites is 1. The molecular formula is C23H27FN6O5S. The summed E-state index contributed by atoms with van der Waals surface area (Å²) in [4.78, 5) is 6.80. The molecule has 3 aromatic heterocycles. The van der Waals surface area contributed by atoms with Crippen molar-refractivity contribution in [2.24, 2.45) is 0 Å². The number of methoxy groups -OCH3 is 2. The van der Waals surface area contributed by atoms with Crippen LogP contribution in [0.3, 0.4) is 0 Å². The lowest BCUT2D eigenvalue weighted by molar-refractivity contribution is 0.391. The molecule has 1 aliphatic carbocycles. The van der Waals surface area contributed by atoms with Crippen LogP contribution < -0.4 is 14.2 Å². The molecule has 0 bridgehead atoms. The first-order valence-electron chi connectivity index (χ1n) is 11.1. The molecule has 0 radical (unpaired) electrons. The van der Waals surface area contributed by atoms with E-state index in [-0.39, 0.29) is 7.37 Å². The fraction of sp³-hybridized carbons (Fsp3) is 0.304. The van der Waals surface area contributed by atoms with Crippen LogP contribution in [0.4, 0.5) is 10.3 Å². The fourth-order valence-corrected chi connectivity index (χ4v) is 5.38. The molecule has 1 aliphatic rings. The first-order valence-corrected chi connectivity index (χ1v) is 12.6. The van der Waals surface area contributed by atoms with Crippen molar-refractivity contribution in [1.82, 2.24) is 24.7 Å². The summed E-state index contributed by atoms with van der Waals surface area (Å²) in [5, 5.41) is 7.84. The molecule has 1 N–H and O–H groups in total. The third kappa shape index (κ3) is 5.46. The molecule has 3 heterocycles. The molecule has 4 aromatic rings. The van der Waals surface area contributed by atoms with Gasteiger partial charge in [-0.3, -0.25) is 9.29 Å². The molecule has 0 amide bonds. The number of hydrogen-bond donors (Lipinski definition) is 1. The zero-order valence-corrected chi connectivity index (χ0v) is 20.5. The molecule has 0 saturated heterocycles. The van der Waals surface area contributed by atoms with Gasteiger partial charge in [-0.05, 0) is 37.1 Å². The van der Waals surface area contributed by atoms with E-state index in [9.17, 15) is 12.8 Å². The molecule has 13 heteroatoms. The summed E-state index contributed by atoms with van der Waals surface area (Å²) >= 11 is 0. The number of aromatic nitrogens is 5. The highest BCUT2D eigenvalue weighted by Crippen LogP contribution is 2.38. The summed E-state index contributed by atoms with van der Waals surface area (Å²) in [7, 11) is -0.573. The van der Waals surface area contributed by atoms with Gasteiger partial charge in [0.25, 0.3) is 0 Å². The smallest absolute Gasteiger partial charge is 0.243 e.